The van der Waals surface area contributed by atoms with Gasteiger partial charge in [-0.15, -0.1) is 0 Å². The lowest BCUT2D eigenvalue weighted by Gasteiger charge is -2.33. The maximum absolute atomic E-state index is 12.9. The van der Waals surface area contributed by atoms with Crippen molar-refractivity contribution in [3.05, 3.63) is 59.7 Å². The molecule has 0 bridgehead atoms. The summed E-state index contributed by atoms with van der Waals surface area (Å²) in [5.74, 6) is 1.41. The Balaban J connectivity index is 1.34. The normalized spacial score (nSPS) is 20.1. The number of phenolic OH excluding ortho intramolecular Hbond substituents is 1. The number of benzene rings is 2. The van der Waals surface area contributed by atoms with Gasteiger partial charge in [-0.1, -0.05) is 24.3 Å². The van der Waals surface area contributed by atoms with Crippen LogP contribution in [0.1, 0.15) is 28.8 Å². The first-order valence-corrected chi connectivity index (χ1v) is 10.8. The van der Waals surface area contributed by atoms with Crippen molar-refractivity contribution >= 4 is 5.91 Å². The van der Waals surface area contributed by atoms with E-state index in [9.17, 15) is 9.90 Å². The van der Waals surface area contributed by atoms with Gasteiger partial charge in [0.1, 0.15) is 11.5 Å². The SMILES string of the molecule is O=C(c1ccccc1OCC1CCCN(Cc2cccc(O)c2)C1)N1CCOCC1. The monoisotopic (exact) mass is 410 g/mol. The number of likely N-dealkylation sites (tertiary alicyclic amines) is 1. The summed E-state index contributed by atoms with van der Waals surface area (Å²) in [5.41, 5.74) is 1.75. The molecule has 2 fully saturated rings. The number of hydrogen-bond donors (Lipinski definition) is 1. The fourth-order valence-corrected chi connectivity index (χ4v) is 4.26. The molecule has 2 aliphatic rings. The van der Waals surface area contributed by atoms with Gasteiger partial charge in [0, 0.05) is 32.1 Å². The van der Waals surface area contributed by atoms with E-state index in [-0.39, 0.29) is 5.91 Å². The number of para-hydroxylation sites is 1. The molecule has 0 spiro atoms. The van der Waals surface area contributed by atoms with Crippen molar-refractivity contribution in [2.75, 3.05) is 46.0 Å². The fraction of sp³-hybridized carbons (Fsp3) is 0.458. The van der Waals surface area contributed by atoms with Crippen LogP contribution < -0.4 is 4.74 Å². The number of aromatic hydroxyl groups is 1. The second-order valence-corrected chi connectivity index (χ2v) is 8.13. The van der Waals surface area contributed by atoms with Crippen LogP contribution in [0.4, 0.5) is 0 Å². The zero-order valence-electron chi connectivity index (χ0n) is 17.3. The molecular weight excluding hydrogens is 380 g/mol. The number of nitrogens with zero attached hydrogens (tertiary/aromatic N) is 2. The highest BCUT2D eigenvalue weighted by atomic mass is 16.5. The zero-order valence-corrected chi connectivity index (χ0v) is 17.3. The van der Waals surface area contributed by atoms with Crippen LogP contribution in [0.2, 0.25) is 0 Å². The van der Waals surface area contributed by atoms with E-state index < -0.39 is 0 Å². The number of piperidine rings is 1. The van der Waals surface area contributed by atoms with Gasteiger partial charge in [0.05, 0.1) is 25.4 Å². The van der Waals surface area contributed by atoms with Crippen LogP contribution in [0.25, 0.3) is 0 Å². The number of carbonyl (C=O) groups excluding carboxylic acids is 1. The Labute approximate surface area is 178 Å². The summed E-state index contributed by atoms with van der Waals surface area (Å²) in [6, 6.07) is 15.0. The van der Waals surface area contributed by atoms with Gasteiger partial charge >= 0.3 is 0 Å². The molecule has 0 aromatic heterocycles. The van der Waals surface area contributed by atoms with Crippen molar-refractivity contribution in [3.63, 3.8) is 0 Å². The maximum atomic E-state index is 12.9. The van der Waals surface area contributed by atoms with E-state index in [4.69, 9.17) is 9.47 Å². The van der Waals surface area contributed by atoms with Crippen molar-refractivity contribution in [2.24, 2.45) is 5.92 Å². The van der Waals surface area contributed by atoms with Gasteiger partial charge in [-0.2, -0.15) is 0 Å². The number of phenols is 1. The predicted molar refractivity (Wildman–Crippen MR) is 115 cm³/mol. The van der Waals surface area contributed by atoms with E-state index >= 15 is 0 Å². The van der Waals surface area contributed by atoms with Gasteiger partial charge in [0.2, 0.25) is 0 Å². The topological polar surface area (TPSA) is 62.2 Å². The third-order valence-electron chi connectivity index (χ3n) is 5.81. The summed E-state index contributed by atoms with van der Waals surface area (Å²) in [4.78, 5) is 17.2. The Morgan fingerprint density at radius 3 is 2.77 bits per heavy atom. The minimum absolute atomic E-state index is 0.0167. The molecule has 1 N–H and O–H groups in total. The first-order chi connectivity index (χ1) is 14.7. The second kappa shape index (κ2) is 9.96. The molecule has 0 aliphatic carbocycles. The van der Waals surface area contributed by atoms with Gasteiger partial charge in [0.25, 0.3) is 5.91 Å². The molecule has 2 saturated heterocycles. The standard InChI is InChI=1S/C24H30N2O4/c27-21-7-3-5-19(15-21)16-25-10-4-6-20(17-25)18-30-23-9-2-1-8-22(23)24(28)26-11-13-29-14-12-26/h1-3,5,7-9,15,20,27H,4,6,10-14,16-18H2. The summed E-state index contributed by atoms with van der Waals surface area (Å²) >= 11 is 0. The van der Waals surface area contributed by atoms with Crippen LogP contribution in [0.5, 0.6) is 11.5 Å². The van der Waals surface area contributed by atoms with E-state index in [1.807, 2.05) is 47.4 Å². The summed E-state index contributed by atoms with van der Waals surface area (Å²) in [6.45, 7) is 5.87. The highest BCUT2D eigenvalue weighted by Gasteiger charge is 2.24. The zero-order chi connectivity index (χ0) is 20.8. The van der Waals surface area contributed by atoms with Crippen LogP contribution >= 0.6 is 0 Å². The Hall–Kier alpha value is -2.57. The number of rotatable bonds is 6. The Morgan fingerprint density at radius 1 is 1.10 bits per heavy atom. The summed E-state index contributed by atoms with van der Waals surface area (Å²) < 4.78 is 11.5. The van der Waals surface area contributed by atoms with E-state index in [1.54, 1.807) is 6.07 Å². The third-order valence-corrected chi connectivity index (χ3v) is 5.81. The van der Waals surface area contributed by atoms with Crippen molar-refractivity contribution in [3.8, 4) is 11.5 Å². The molecule has 4 rings (SSSR count). The lowest BCUT2D eigenvalue weighted by molar-refractivity contribution is 0.0299. The lowest BCUT2D eigenvalue weighted by Crippen LogP contribution is -2.41. The minimum Gasteiger partial charge on any atom is -0.508 e. The van der Waals surface area contributed by atoms with Gasteiger partial charge in [-0.05, 0) is 49.2 Å². The highest BCUT2D eigenvalue weighted by molar-refractivity contribution is 5.97. The Kier molecular flexibility index (Phi) is 6.87. The van der Waals surface area contributed by atoms with Gasteiger partial charge in [0.15, 0.2) is 0 Å². The van der Waals surface area contributed by atoms with Crippen molar-refractivity contribution in [1.82, 2.24) is 9.80 Å². The number of amides is 1. The van der Waals surface area contributed by atoms with Crippen LogP contribution in [0.3, 0.4) is 0 Å². The maximum Gasteiger partial charge on any atom is 0.257 e. The molecule has 1 amide bonds. The van der Waals surface area contributed by atoms with Crippen LogP contribution in [-0.2, 0) is 11.3 Å². The Bertz CT molecular complexity index is 851. The van der Waals surface area contributed by atoms with E-state index in [2.05, 4.69) is 4.90 Å². The second-order valence-electron chi connectivity index (χ2n) is 8.13. The number of morpholine rings is 1. The molecule has 2 aliphatic heterocycles. The molecule has 30 heavy (non-hydrogen) atoms. The molecule has 2 aromatic carbocycles. The summed E-state index contributed by atoms with van der Waals surface area (Å²) in [6.07, 6.45) is 2.25. The average Bonchev–Trinajstić information content (AvgIpc) is 2.78. The van der Waals surface area contributed by atoms with Crippen LogP contribution in [-0.4, -0.2) is 66.8 Å². The lowest BCUT2D eigenvalue weighted by atomic mass is 9.98. The molecule has 160 valence electrons. The number of ether oxygens (including phenoxy) is 2. The molecule has 6 heteroatoms. The molecule has 1 atom stereocenters. The van der Waals surface area contributed by atoms with Gasteiger partial charge in [-0.3, -0.25) is 9.69 Å². The molecular formula is C24H30N2O4. The van der Waals surface area contributed by atoms with Crippen LogP contribution in [0.15, 0.2) is 48.5 Å². The molecule has 2 aromatic rings. The first kappa shape index (κ1) is 20.7. The van der Waals surface area contributed by atoms with Gasteiger partial charge in [-0.25, -0.2) is 0 Å². The van der Waals surface area contributed by atoms with E-state index in [1.165, 1.54) is 0 Å². The minimum atomic E-state index is 0.0167. The van der Waals surface area contributed by atoms with E-state index in [0.717, 1.165) is 38.0 Å². The Morgan fingerprint density at radius 2 is 1.93 bits per heavy atom. The quantitative estimate of drug-likeness (QED) is 0.793. The molecule has 6 nitrogen and oxygen atoms in total. The molecule has 2 heterocycles. The summed E-state index contributed by atoms with van der Waals surface area (Å²) in [7, 11) is 0. The third kappa shape index (κ3) is 5.32. The predicted octanol–water partition coefficient (Wildman–Crippen LogP) is 3.16. The van der Waals surface area contributed by atoms with Crippen LogP contribution in [0, 0.1) is 5.92 Å². The molecule has 0 radical (unpaired) electrons. The molecule has 0 saturated carbocycles. The smallest absolute Gasteiger partial charge is 0.257 e. The van der Waals surface area contributed by atoms with Crippen molar-refractivity contribution in [1.29, 1.82) is 0 Å². The average molecular weight is 411 g/mol. The highest BCUT2D eigenvalue weighted by Crippen LogP contribution is 2.24. The number of hydrogen-bond acceptors (Lipinski definition) is 5. The summed E-state index contributed by atoms with van der Waals surface area (Å²) in [5, 5.41) is 9.69. The van der Waals surface area contributed by atoms with Crippen molar-refractivity contribution < 1.29 is 19.4 Å². The van der Waals surface area contributed by atoms with E-state index in [0.29, 0.717) is 55.9 Å². The molecule has 1 unspecified atom stereocenters. The first-order valence-electron chi connectivity index (χ1n) is 10.8. The van der Waals surface area contributed by atoms with Crippen molar-refractivity contribution in [2.45, 2.75) is 19.4 Å². The van der Waals surface area contributed by atoms with Gasteiger partial charge < -0.3 is 19.5 Å². The fourth-order valence-electron chi connectivity index (χ4n) is 4.26. The number of carbonyl (C=O) groups is 1. The largest absolute Gasteiger partial charge is 0.508 e.